The SMILES string of the molecule is CCOc1ccc(Oc2ccc(C(F)(F)F)cc2NCC(=O)N(C)CC(=O)NC2CC2)cc1. The molecule has 0 spiro atoms. The van der Waals surface area contributed by atoms with Gasteiger partial charge in [0.25, 0.3) is 0 Å². The number of likely N-dealkylation sites (N-methyl/N-ethyl adjacent to an activating group) is 1. The molecule has 0 radical (unpaired) electrons. The first-order valence-corrected chi connectivity index (χ1v) is 10.5. The van der Waals surface area contributed by atoms with Crippen LogP contribution < -0.4 is 20.1 Å². The number of amides is 2. The van der Waals surface area contributed by atoms with Crippen molar-refractivity contribution in [3.8, 4) is 17.2 Å². The Morgan fingerprint density at radius 3 is 2.36 bits per heavy atom. The molecule has 1 saturated carbocycles. The van der Waals surface area contributed by atoms with E-state index in [1.807, 2.05) is 6.92 Å². The van der Waals surface area contributed by atoms with Crippen molar-refractivity contribution < 1.29 is 32.2 Å². The van der Waals surface area contributed by atoms with Crippen molar-refractivity contribution in [2.24, 2.45) is 0 Å². The summed E-state index contributed by atoms with van der Waals surface area (Å²) in [5.74, 6) is 0.419. The van der Waals surface area contributed by atoms with E-state index in [0.29, 0.717) is 18.1 Å². The van der Waals surface area contributed by atoms with E-state index in [1.165, 1.54) is 18.0 Å². The van der Waals surface area contributed by atoms with Gasteiger partial charge in [-0.1, -0.05) is 0 Å². The van der Waals surface area contributed by atoms with Crippen molar-refractivity contribution in [2.75, 3.05) is 32.1 Å². The molecule has 2 aromatic carbocycles. The molecule has 0 aliphatic heterocycles. The lowest BCUT2D eigenvalue weighted by atomic mass is 10.1. The van der Waals surface area contributed by atoms with Crippen LogP contribution in [0.15, 0.2) is 42.5 Å². The van der Waals surface area contributed by atoms with Crippen molar-refractivity contribution in [3.63, 3.8) is 0 Å². The summed E-state index contributed by atoms with van der Waals surface area (Å²) in [6.07, 6.45) is -2.70. The third kappa shape index (κ3) is 7.30. The first kappa shape index (κ1) is 24.2. The van der Waals surface area contributed by atoms with Crippen molar-refractivity contribution in [1.29, 1.82) is 0 Å². The molecule has 0 atom stereocenters. The van der Waals surface area contributed by atoms with E-state index in [-0.39, 0.29) is 36.5 Å². The molecular formula is C23H26F3N3O4. The predicted molar refractivity (Wildman–Crippen MR) is 116 cm³/mol. The van der Waals surface area contributed by atoms with Gasteiger partial charge in [0.05, 0.1) is 30.9 Å². The second-order valence-electron chi connectivity index (χ2n) is 7.66. The van der Waals surface area contributed by atoms with E-state index in [4.69, 9.17) is 9.47 Å². The zero-order valence-electron chi connectivity index (χ0n) is 18.4. The number of ether oxygens (including phenoxy) is 2. The highest BCUT2D eigenvalue weighted by Crippen LogP contribution is 2.37. The van der Waals surface area contributed by atoms with Gasteiger partial charge in [-0.25, -0.2) is 0 Å². The molecule has 2 amide bonds. The molecule has 0 saturated heterocycles. The Kier molecular flexibility index (Phi) is 7.67. The molecule has 3 rings (SSSR count). The van der Waals surface area contributed by atoms with Crippen molar-refractivity contribution in [2.45, 2.75) is 32.0 Å². The number of halogens is 3. The standard InChI is InChI=1S/C23H26F3N3O4/c1-3-32-17-7-9-18(10-8-17)33-20-11-4-15(23(24,25)26)12-19(20)27-13-22(31)29(2)14-21(30)28-16-5-6-16/h4,7-12,16,27H,3,5-6,13-14H2,1-2H3,(H,28,30). The average molecular weight is 465 g/mol. The number of rotatable bonds is 10. The largest absolute Gasteiger partial charge is 0.494 e. The fourth-order valence-electron chi connectivity index (χ4n) is 2.94. The predicted octanol–water partition coefficient (Wildman–Crippen LogP) is 4.05. The second kappa shape index (κ2) is 10.5. The first-order chi connectivity index (χ1) is 15.7. The molecule has 1 aliphatic rings. The van der Waals surface area contributed by atoms with Crippen LogP contribution in [0.3, 0.4) is 0 Å². The minimum atomic E-state index is -4.56. The molecule has 7 nitrogen and oxygen atoms in total. The summed E-state index contributed by atoms with van der Waals surface area (Å²) in [5.41, 5.74) is -0.878. The lowest BCUT2D eigenvalue weighted by Gasteiger charge is -2.19. The van der Waals surface area contributed by atoms with Gasteiger partial charge in [0.15, 0.2) is 5.75 Å². The van der Waals surface area contributed by atoms with Gasteiger partial charge in [-0.3, -0.25) is 9.59 Å². The number of alkyl halides is 3. The van der Waals surface area contributed by atoms with E-state index < -0.39 is 17.6 Å². The van der Waals surface area contributed by atoms with E-state index in [9.17, 15) is 22.8 Å². The third-order valence-electron chi connectivity index (χ3n) is 4.85. The summed E-state index contributed by atoms with van der Waals surface area (Å²) in [7, 11) is 1.46. The number of nitrogens with zero attached hydrogens (tertiary/aromatic N) is 1. The Morgan fingerprint density at radius 1 is 1.09 bits per heavy atom. The van der Waals surface area contributed by atoms with Gasteiger partial charge < -0.3 is 25.0 Å². The summed E-state index contributed by atoms with van der Waals surface area (Å²) in [4.78, 5) is 25.5. The maximum atomic E-state index is 13.2. The number of benzene rings is 2. The lowest BCUT2D eigenvalue weighted by Crippen LogP contribution is -2.41. The van der Waals surface area contributed by atoms with Crippen molar-refractivity contribution in [1.82, 2.24) is 10.2 Å². The van der Waals surface area contributed by atoms with Gasteiger partial charge in [0.1, 0.15) is 11.5 Å². The molecule has 178 valence electrons. The Hall–Kier alpha value is -3.43. The molecule has 10 heteroatoms. The number of carbonyl (C=O) groups is 2. The Morgan fingerprint density at radius 2 is 1.76 bits per heavy atom. The molecule has 0 aromatic heterocycles. The Balaban J connectivity index is 1.69. The Labute approximate surface area is 189 Å². The molecule has 0 heterocycles. The molecule has 0 unspecified atom stereocenters. The minimum Gasteiger partial charge on any atom is -0.494 e. The first-order valence-electron chi connectivity index (χ1n) is 10.5. The van der Waals surface area contributed by atoms with Crippen LogP contribution in [-0.4, -0.2) is 49.5 Å². The summed E-state index contributed by atoms with van der Waals surface area (Å²) in [5, 5.41) is 5.49. The smallest absolute Gasteiger partial charge is 0.416 e. The topological polar surface area (TPSA) is 79.9 Å². The van der Waals surface area contributed by atoms with Gasteiger partial charge >= 0.3 is 6.18 Å². The van der Waals surface area contributed by atoms with Crippen LogP contribution in [0.25, 0.3) is 0 Å². The summed E-state index contributed by atoms with van der Waals surface area (Å²) < 4.78 is 50.8. The summed E-state index contributed by atoms with van der Waals surface area (Å²) >= 11 is 0. The molecule has 0 bridgehead atoms. The van der Waals surface area contributed by atoms with Crippen LogP contribution in [0.5, 0.6) is 17.2 Å². The molecule has 1 fully saturated rings. The summed E-state index contributed by atoms with van der Waals surface area (Å²) in [6, 6.07) is 9.78. The van der Waals surface area contributed by atoms with Crippen LogP contribution in [-0.2, 0) is 15.8 Å². The van der Waals surface area contributed by atoms with E-state index >= 15 is 0 Å². The molecule has 2 aromatic rings. The zero-order chi connectivity index (χ0) is 24.0. The van der Waals surface area contributed by atoms with Crippen LogP contribution in [0, 0.1) is 0 Å². The van der Waals surface area contributed by atoms with Crippen LogP contribution in [0.2, 0.25) is 0 Å². The van der Waals surface area contributed by atoms with Crippen molar-refractivity contribution >= 4 is 17.5 Å². The van der Waals surface area contributed by atoms with Gasteiger partial charge in [0, 0.05) is 13.1 Å². The highest BCUT2D eigenvalue weighted by atomic mass is 19.4. The fraction of sp³-hybridized carbons (Fsp3) is 0.391. The van der Waals surface area contributed by atoms with Crippen LogP contribution >= 0.6 is 0 Å². The molecule has 33 heavy (non-hydrogen) atoms. The minimum absolute atomic E-state index is 0.00268. The average Bonchev–Trinajstić information content (AvgIpc) is 3.57. The quantitative estimate of drug-likeness (QED) is 0.554. The van der Waals surface area contributed by atoms with Gasteiger partial charge in [0.2, 0.25) is 11.8 Å². The molecule has 2 N–H and O–H groups in total. The van der Waals surface area contributed by atoms with Gasteiger partial charge in [-0.05, 0) is 62.2 Å². The number of anilines is 1. The highest BCUT2D eigenvalue weighted by molar-refractivity contribution is 5.87. The highest BCUT2D eigenvalue weighted by Gasteiger charge is 2.31. The number of carbonyl (C=O) groups excluding carboxylic acids is 2. The van der Waals surface area contributed by atoms with Crippen molar-refractivity contribution in [3.05, 3.63) is 48.0 Å². The second-order valence-corrected chi connectivity index (χ2v) is 7.66. The number of nitrogens with one attached hydrogen (secondary N) is 2. The summed E-state index contributed by atoms with van der Waals surface area (Å²) in [6.45, 7) is 1.91. The molecule has 1 aliphatic carbocycles. The van der Waals surface area contributed by atoms with Gasteiger partial charge in [-0.15, -0.1) is 0 Å². The molecular weight excluding hydrogens is 439 g/mol. The van der Waals surface area contributed by atoms with E-state index in [0.717, 1.165) is 25.0 Å². The van der Waals surface area contributed by atoms with Crippen LogP contribution in [0.1, 0.15) is 25.3 Å². The maximum Gasteiger partial charge on any atom is 0.416 e. The maximum absolute atomic E-state index is 13.2. The van der Waals surface area contributed by atoms with E-state index in [2.05, 4.69) is 10.6 Å². The fourth-order valence-corrected chi connectivity index (χ4v) is 2.94. The normalized spacial score (nSPS) is 13.2. The number of hydrogen-bond donors (Lipinski definition) is 2. The zero-order valence-corrected chi connectivity index (χ0v) is 18.4. The third-order valence-corrected chi connectivity index (χ3v) is 4.85. The number of hydrogen-bond acceptors (Lipinski definition) is 5. The van der Waals surface area contributed by atoms with E-state index in [1.54, 1.807) is 24.3 Å². The monoisotopic (exact) mass is 465 g/mol. The van der Waals surface area contributed by atoms with Crippen LogP contribution in [0.4, 0.5) is 18.9 Å². The van der Waals surface area contributed by atoms with Gasteiger partial charge in [-0.2, -0.15) is 13.2 Å². The Bertz CT molecular complexity index is 976. The lowest BCUT2D eigenvalue weighted by molar-refractivity contribution is -0.137.